The molecule has 60 unspecified atom stereocenters. The van der Waals surface area contributed by atoms with Crippen LogP contribution in [-0.2, 0) is 123 Å². The van der Waals surface area contributed by atoms with Gasteiger partial charge in [0.15, 0.2) is 75.5 Å². The summed E-state index contributed by atoms with van der Waals surface area (Å²) in [5, 5.41) is 277. The van der Waals surface area contributed by atoms with Gasteiger partial charge in [-0.2, -0.15) is 0 Å². The van der Waals surface area contributed by atoms with Gasteiger partial charge in [-0.1, -0.05) is 0 Å². The first-order valence-electron chi connectivity index (χ1n) is 50.7. The van der Waals surface area contributed by atoms with Crippen molar-refractivity contribution in [3.63, 3.8) is 0 Å². The number of methoxy groups -OCH3 is 4. The largest absolute Gasteiger partial charge is 0.394 e. The van der Waals surface area contributed by atoms with Crippen LogP contribution in [0.15, 0.2) is 0 Å². The van der Waals surface area contributed by atoms with E-state index in [1.54, 1.807) is 0 Å². The molecule has 0 aromatic heterocycles. The van der Waals surface area contributed by atoms with Crippen LogP contribution >= 0.6 is 0 Å². The molecule has 0 spiro atoms. The Bertz CT molecular complexity index is 3930. The predicted molar refractivity (Wildman–Crippen MR) is 417 cm³/mol. The van der Waals surface area contributed by atoms with Gasteiger partial charge in [0.25, 0.3) is 0 Å². The molecule has 12 saturated heterocycles. The topological polar surface area (TPSA) is 968 Å². The highest BCUT2D eigenvalue weighted by Gasteiger charge is 2.62. The molecular formula is C76H132O62. The van der Waals surface area contributed by atoms with Crippen LogP contribution in [0.2, 0.25) is 0 Å². The van der Waals surface area contributed by atoms with Crippen LogP contribution in [0.25, 0.3) is 0 Å². The maximum absolute atomic E-state index is 11.3. The third-order valence-electron chi connectivity index (χ3n) is 25.3. The summed E-state index contributed by atoms with van der Waals surface area (Å²) in [7, 11) is 4.68. The summed E-state index contributed by atoms with van der Waals surface area (Å²) in [4.78, 5) is 0. The molecule has 12 rings (SSSR count). The summed E-state index contributed by atoms with van der Waals surface area (Å²) in [5.74, 6) is 0. The molecular weight excluding hydrogens is 1900 g/mol. The van der Waals surface area contributed by atoms with E-state index in [0.29, 0.717) is 0 Å². The van der Waals surface area contributed by atoms with E-state index < -0.39 is 448 Å². The van der Waals surface area contributed by atoms with Crippen LogP contribution in [-0.4, -0.2) is 686 Å². The Balaban J connectivity index is 0.000000302. The Morgan fingerprint density at radius 1 is 0.167 bits per heavy atom. The number of ether oxygens (including phenoxy) is 26. The third-order valence-corrected chi connectivity index (χ3v) is 25.3. The second-order valence-corrected chi connectivity index (χ2v) is 34.0. The minimum absolute atomic E-state index is 0.488. The molecule has 0 aliphatic carbocycles. The number of aliphatic hydroxyl groups is 36. The van der Waals surface area contributed by atoms with Gasteiger partial charge in [-0.15, -0.1) is 0 Å². The summed E-state index contributed by atoms with van der Waals surface area (Å²) in [6, 6.07) is 0. The van der Waals surface area contributed by atoms with Crippen molar-refractivity contribution >= 4 is 0 Å². The van der Waals surface area contributed by atoms with E-state index in [4.69, 9.17) is 205 Å². The lowest BCUT2D eigenvalue weighted by atomic mass is 9.95. The average Bonchev–Trinajstić information content (AvgIpc) is 0.750. The zero-order valence-corrected chi connectivity index (χ0v) is 73.1. The average molecular weight is 2060 g/mol. The van der Waals surface area contributed by atoms with Gasteiger partial charge < -0.3 is 307 Å². The molecule has 12 aliphatic heterocycles. The van der Waals surface area contributed by atoms with E-state index in [9.17, 15) is 91.9 Å². The van der Waals surface area contributed by atoms with E-state index in [0.717, 1.165) is 14.2 Å². The van der Waals surface area contributed by atoms with Crippen molar-refractivity contribution in [1.82, 2.24) is 0 Å². The lowest BCUT2D eigenvalue weighted by Gasteiger charge is -2.49. The summed E-state index contributed by atoms with van der Waals surface area (Å²) in [6.45, 7) is -9.25. The zero-order valence-electron chi connectivity index (χ0n) is 91.1. The van der Waals surface area contributed by atoms with Gasteiger partial charge in [0.2, 0.25) is 25.8 Å². The summed E-state index contributed by atoms with van der Waals surface area (Å²) < 4.78 is 290. The Morgan fingerprint density at radius 3 is 0.652 bits per heavy atom. The van der Waals surface area contributed by atoms with E-state index in [-0.39, 0.29) is 0 Å². The highest BCUT2D eigenvalue weighted by atomic mass is 16.8. The fourth-order valence-corrected chi connectivity index (χ4v) is 17.5. The predicted octanol–water partition coefficient (Wildman–Crippen LogP) is -25.6. The molecule has 0 aromatic carbocycles. The number of hydrogen-bond acceptors (Lipinski definition) is 62. The lowest BCUT2D eigenvalue weighted by Crippen LogP contribution is -2.68. The molecule has 62 heteroatoms. The molecule has 0 radical (unpaired) electrons. The second-order valence-electron chi connectivity index (χ2n) is 34.0. The first-order valence-corrected chi connectivity index (χ1v) is 43.4. The molecule has 62 nitrogen and oxygen atoms in total. The van der Waals surface area contributed by atoms with Crippen molar-refractivity contribution in [3.8, 4) is 0 Å². The Kier molecular flexibility index (Phi) is 34.3. The van der Waals surface area contributed by atoms with Crippen LogP contribution in [0, 0.1) is 0 Å². The maximum Gasteiger partial charge on any atom is 0.211 e. The number of rotatable bonds is 54. The molecule has 138 heavy (non-hydrogen) atoms. The zero-order chi connectivity index (χ0) is 114. The highest BCUT2D eigenvalue weighted by Crippen LogP contribution is 2.42. The molecule has 36 N–H and O–H groups in total. The van der Waals surface area contributed by atoms with Gasteiger partial charge in [0, 0.05) is 28.4 Å². The molecule has 0 aromatic rings. The molecule has 0 amide bonds. The van der Waals surface area contributed by atoms with E-state index in [2.05, 4.69) is 35.8 Å². The molecule has 808 valence electrons. The Hall–Kier alpha value is -2.48. The van der Waals surface area contributed by atoms with E-state index >= 15 is 0 Å². The van der Waals surface area contributed by atoms with Crippen molar-refractivity contribution in [1.29, 1.82) is 25.8 Å². The van der Waals surface area contributed by atoms with Crippen molar-refractivity contribution in [2.45, 2.75) is 368 Å². The van der Waals surface area contributed by atoms with Gasteiger partial charge in [0.05, 0.1) is 79.3 Å². The first kappa shape index (κ1) is 91.7. The smallest absolute Gasteiger partial charge is 0.211 e. The molecule has 0 saturated carbocycles. The molecule has 60 atom stereocenters. The normalized spacial score (nSPS) is 53.9. The first-order chi connectivity index (χ1) is 75.1. The quantitative estimate of drug-likeness (QED) is 0.0269. The summed E-state index contributed by atoms with van der Waals surface area (Å²) in [5.41, 5.74) is 0. The lowest BCUT2D eigenvalue weighted by molar-refractivity contribution is -0.394. The van der Waals surface area contributed by atoms with Crippen LogP contribution < -0.4 is 0 Å². The Labute approximate surface area is 807 Å². The van der Waals surface area contributed by atoms with Crippen LogP contribution in [0.1, 0.15) is 0 Å². The van der Waals surface area contributed by atoms with Crippen molar-refractivity contribution in [3.05, 3.63) is 0 Å². The molecule has 12 fully saturated rings. The fourth-order valence-electron chi connectivity index (χ4n) is 17.5. The summed E-state index contributed by atoms with van der Waals surface area (Å²) in [6.07, 6.45) is -104. The van der Waals surface area contributed by atoms with Gasteiger partial charge >= 0.3 is 0 Å². The number of hydrogen-bond donors (Lipinski definition) is 36. The molecule has 12 aliphatic rings. The van der Waals surface area contributed by atoms with Crippen LogP contribution in [0.3, 0.4) is 0 Å². The fraction of sp³-hybridized carbons (Fsp3) is 1.00. The SMILES string of the molecule is COC1OC(COC2OC(CO)C(O)C(O)C2O)C(OC2OC(CO)C(OC3OC(CO)C(OC4OC(CO)C(OC5OC(CO)C(OC)C(O)C5O)C(O)C4O)C(O)C3O)C(O)C2O)C(O)C1O.[2H]OCC1OC(OCC2OC(OC)C(O[2H])C(O[2H])C2OC2OC(CO[2H])C(OC3OC(CO[2H])C(OC4OC(CO[2H])C(OC5OC(CO[2H])C(OC)C(O[2H])C5O[2H])C(O[2H])C4O[2H])C(O[2H])C3O[2H])C(O[2H])C2O[2H])C(O[2H])C(O[2H])C1O[2H]. The van der Waals surface area contributed by atoms with Crippen LogP contribution in [0.4, 0.5) is 0 Å². The second kappa shape index (κ2) is 51.6. The van der Waals surface area contributed by atoms with Crippen molar-refractivity contribution in [2.75, 3.05) is 108 Å². The van der Waals surface area contributed by atoms with E-state index in [1.807, 2.05) is 0 Å². The van der Waals surface area contributed by atoms with Gasteiger partial charge in [-0.3, -0.25) is 0 Å². The van der Waals surface area contributed by atoms with Crippen molar-refractivity contribution < 1.29 is 307 Å². The van der Waals surface area contributed by atoms with Gasteiger partial charge in [-0.05, 0) is 0 Å². The standard InChI is InChI=1S/2C38H66O31/c2*1-57-28-10(4-40)61-35(24(53)17(28)46)66-29-11(5-41)62-36(25(54)19(29)48)67-30-12(6-42)63-37(26(55)20(30)49)68-31-13(7-43)64-38(27(56)21(31)50)69-32-14(65-33(58-2)23(52)18(32)47)8-59-34-22(51)16(45)15(44)9(3-39)60-34/h2*9-56H,3-8H2,1-2H3/i39D,40D,41D,42D,43D,44D,45D,46D,47D,48D,49D,50D,51D,52D,53D,54D,55D,56D;. The number of aliphatic hydroxyl groups excluding tert-OH is 36. The van der Waals surface area contributed by atoms with Gasteiger partial charge in [-0.25, -0.2) is 0 Å². The highest BCUT2D eigenvalue weighted by molar-refractivity contribution is 5.04. The summed E-state index contributed by atoms with van der Waals surface area (Å²) >= 11 is 0. The van der Waals surface area contributed by atoms with Crippen molar-refractivity contribution in [2.24, 2.45) is 0 Å². The molecule has 0 bridgehead atoms. The maximum atomic E-state index is 11.3. The Morgan fingerprint density at radius 2 is 0.355 bits per heavy atom. The van der Waals surface area contributed by atoms with E-state index in [1.165, 1.54) is 14.2 Å². The third kappa shape index (κ3) is 24.8. The monoisotopic (exact) mass is 2050 g/mol. The van der Waals surface area contributed by atoms with Crippen LogP contribution in [0.5, 0.6) is 0 Å². The molecule has 12 heterocycles. The van der Waals surface area contributed by atoms with Gasteiger partial charge in [0.1, 0.15) is 293 Å². The minimum Gasteiger partial charge on any atom is -0.394 e. The minimum atomic E-state index is -2.16.